The van der Waals surface area contributed by atoms with Crippen molar-refractivity contribution in [1.29, 1.82) is 0 Å². The van der Waals surface area contributed by atoms with Gasteiger partial charge in [0.1, 0.15) is 0 Å². The number of hydrogen-bond acceptors (Lipinski definition) is 2. The molecule has 1 unspecified atom stereocenters. The Hall–Kier alpha value is -0.0700. The van der Waals surface area contributed by atoms with E-state index in [1.807, 2.05) is 11.4 Å². The largest absolute Gasteiger partial charge is 0.389 e. The average Bonchev–Trinajstić information content (AvgIpc) is 2.51. The Labute approximate surface area is 98.8 Å². The van der Waals surface area contributed by atoms with Crippen LogP contribution in [0.5, 0.6) is 0 Å². The number of thiophene rings is 1. The summed E-state index contributed by atoms with van der Waals surface area (Å²) in [6.07, 6.45) is -4.77. The van der Waals surface area contributed by atoms with Gasteiger partial charge in [-0.2, -0.15) is 13.2 Å². The van der Waals surface area contributed by atoms with E-state index >= 15 is 0 Å². The van der Waals surface area contributed by atoms with Crippen molar-refractivity contribution in [3.05, 3.63) is 20.8 Å². The average molecular weight is 302 g/mol. The van der Waals surface area contributed by atoms with E-state index in [1.54, 1.807) is 7.05 Å². The molecule has 6 heteroatoms. The van der Waals surface area contributed by atoms with E-state index in [-0.39, 0.29) is 12.5 Å². The second-order valence-electron chi connectivity index (χ2n) is 3.18. The predicted octanol–water partition coefficient (Wildman–Crippen LogP) is 4.11. The van der Waals surface area contributed by atoms with E-state index in [4.69, 9.17) is 0 Å². The van der Waals surface area contributed by atoms with Crippen LogP contribution in [-0.2, 0) is 0 Å². The van der Waals surface area contributed by atoms with Crippen molar-refractivity contribution in [2.45, 2.75) is 25.1 Å². The zero-order chi connectivity index (χ0) is 11.5. The first kappa shape index (κ1) is 13.0. The molecule has 0 radical (unpaired) electrons. The van der Waals surface area contributed by atoms with Crippen LogP contribution in [0.2, 0.25) is 0 Å². The SMILES string of the molecule is CNC(CCC(F)(F)F)c1csc(Br)c1. The van der Waals surface area contributed by atoms with Gasteiger partial charge in [-0.1, -0.05) is 0 Å². The van der Waals surface area contributed by atoms with Gasteiger partial charge >= 0.3 is 6.18 Å². The number of hydrogen-bond donors (Lipinski definition) is 1. The van der Waals surface area contributed by atoms with E-state index in [1.165, 1.54) is 11.3 Å². The molecule has 15 heavy (non-hydrogen) atoms. The summed E-state index contributed by atoms with van der Waals surface area (Å²) in [7, 11) is 1.67. The number of halogens is 4. The quantitative estimate of drug-likeness (QED) is 0.882. The highest BCUT2D eigenvalue weighted by Gasteiger charge is 2.28. The zero-order valence-electron chi connectivity index (χ0n) is 8.07. The monoisotopic (exact) mass is 301 g/mol. The standard InChI is InChI=1S/C9H11BrF3NS/c1-14-7(2-3-9(11,12)13)6-4-8(10)15-5-6/h4-5,7,14H,2-3H2,1H3. The van der Waals surface area contributed by atoms with E-state index < -0.39 is 12.6 Å². The molecular formula is C9H11BrF3NS. The van der Waals surface area contributed by atoms with Crippen LogP contribution in [0.25, 0.3) is 0 Å². The smallest absolute Gasteiger partial charge is 0.313 e. The molecule has 0 spiro atoms. The van der Waals surface area contributed by atoms with Crippen LogP contribution in [0.15, 0.2) is 15.2 Å². The van der Waals surface area contributed by atoms with Crippen LogP contribution in [0.4, 0.5) is 13.2 Å². The molecule has 1 aromatic rings. The molecule has 0 aliphatic carbocycles. The van der Waals surface area contributed by atoms with Crippen LogP contribution in [0.3, 0.4) is 0 Å². The van der Waals surface area contributed by atoms with Gasteiger partial charge in [0.25, 0.3) is 0 Å². The van der Waals surface area contributed by atoms with Crippen LogP contribution < -0.4 is 5.32 Å². The van der Waals surface area contributed by atoms with Crippen LogP contribution in [0, 0.1) is 0 Å². The van der Waals surface area contributed by atoms with E-state index in [0.717, 1.165) is 9.35 Å². The highest BCUT2D eigenvalue weighted by atomic mass is 79.9. The first-order chi connectivity index (χ1) is 6.92. The Bertz CT molecular complexity index is 311. The maximum Gasteiger partial charge on any atom is 0.389 e. The zero-order valence-corrected chi connectivity index (χ0v) is 10.5. The maximum atomic E-state index is 12.0. The Morgan fingerprint density at radius 1 is 1.53 bits per heavy atom. The molecule has 1 nitrogen and oxygen atoms in total. The lowest BCUT2D eigenvalue weighted by Gasteiger charge is -2.15. The third-order valence-corrected chi connectivity index (χ3v) is 3.58. The summed E-state index contributed by atoms with van der Waals surface area (Å²) >= 11 is 4.77. The summed E-state index contributed by atoms with van der Waals surface area (Å²) in [6.45, 7) is 0. The van der Waals surface area contributed by atoms with Crippen molar-refractivity contribution in [1.82, 2.24) is 5.32 Å². The Morgan fingerprint density at radius 3 is 2.60 bits per heavy atom. The molecule has 0 aromatic carbocycles. The summed E-state index contributed by atoms with van der Waals surface area (Å²) in [5.74, 6) is 0. The number of rotatable bonds is 4. The molecule has 1 atom stereocenters. The fourth-order valence-electron chi connectivity index (χ4n) is 1.29. The van der Waals surface area contributed by atoms with Crippen molar-refractivity contribution < 1.29 is 13.2 Å². The van der Waals surface area contributed by atoms with Gasteiger partial charge in [-0.3, -0.25) is 0 Å². The fraction of sp³-hybridized carbons (Fsp3) is 0.556. The van der Waals surface area contributed by atoms with Gasteiger partial charge in [0.2, 0.25) is 0 Å². The number of alkyl halides is 3. The molecule has 0 fully saturated rings. The van der Waals surface area contributed by atoms with Gasteiger partial charge in [0.05, 0.1) is 3.79 Å². The van der Waals surface area contributed by atoms with Crippen molar-refractivity contribution in [2.75, 3.05) is 7.05 Å². The molecule has 0 bridgehead atoms. The highest BCUT2D eigenvalue weighted by Crippen LogP contribution is 2.31. The third kappa shape index (κ3) is 4.53. The topological polar surface area (TPSA) is 12.0 Å². The van der Waals surface area contributed by atoms with Crippen molar-refractivity contribution in [2.24, 2.45) is 0 Å². The molecule has 0 saturated heterocycles. The van der Waals surface area contributed by atoms with Gasteiger partial charge in [0.15, 0.2) is 0 Å². The maximum absolute atomic E-state index is 12.0. The summed E-state index contributed by atoms with van der Waals surface area (Å²) in [6, 6.07) is 1.62. The Morgan fingerprint density at radius 2 is 2.20 bits per heavy atom. The molecule has 0 aliphatic rings. The Balaban J connectivity index is 2.57. The minimum absolute atomic E-state index is 0.0726. The normalized spacial score (nSPS) is 14.2. The first-order valence-corrected chi connectivity index (χ1v) is 6.07. The minimum Gasteiger partial charge on any atom is -0.313 e. The molecule has 1 rings (SSSR count). The van der Waals surface area contributed by atoms with Crippen LogP contribution in [0.1, 0.15) is 24.4 Å². The van der Waals surface area contributed by atoms with E-state index in [2.05, 4.69) is 21.2 Å². The molecule has 0 aliphatic heterocycles. The molecule has 0 saturated carbocycles. The molecule has 86 valence electrons. The summed E-state index contributed by atoms with van der Waals surface area (Å²) in [5, 5.41) is 4.75. The fourth-order valence-corrected chi connectivity index (χ4v) is 2.52. The summed E-state index contributed by atoms with van der Waals surface area (Å²) < 4.78 is 37.1. The lowest BCUT2D eigenvalue weighted by molar-refractivity contribution is -0.136. The highest BCUT2D eigenvalue weighted by molar-refractivity contribution is 9.11. The second kappa shape index (κ2) is 5.32. The first-order valence-electron chi connectivity index (χ1n) is 4.40. The van der Waals surface area contributed by atoms with Gasteiger partial charge in [-0.25, -0.2) is 0 Å². The van der Waals surface area contributed by atoms with Crippen molar-refractivity contribution >= 4 is 27.3 Å². The molecule has 1 aromatic heterocycles. The molecule has 1 N–H and O–H groups in total. The van der Waals surface area contributed by atoms with Crippen LogP contribution in [-0.4, -0.2) is 13.2 Å². The third-order valence-electron chi connectivity index (χ3n) is 2.06. The van der Waals surface area contributed by atoms with Gasteiger partial charge < -0.3 is 5.32 Å². The molecular weight excluding hydrogens is 291 g/mol. The van der Waals surface area contributed by atoms with E-state index in [0.29, 0.717) is 0 Å². The second-order valence-corrected chi connectivity index (χ2v) is 5.47. The van der Waals surface area contributed by atoms with Gasteiger partial charge in [-0.15, -0.1) is 11.3 Å². The van der Waals surface area contributed by atoms with Gasteiger partial charge in [0, 0.05) is 12.5 Å². The van der Waals surface area contributed by atoms with Crippen LogP contribution >= 0.6 is 27.3 Å². The van der Waals surface area contributed by atoms with E-state index in [9.17, 15) is 13.2 Å². The summed E-state index contributed by atoms with van der Waals surface area (Å²) in [4.78, 5) is 0. The number of nitrogens with one attached hydrogen (secondary N) is 1. The van der Waals surface area contributed by atoms with Crippen molar-refractivity contribution in [3.63, 3.8) is 0 Å². The Kier molecular flexibility index (Phi) is 4.61. The molecule has 0 amide bonds. The van der Waals surface area contributed by atoms with Crippen molar-refractivity contribution in [3.8, 4) is 0 Å². The lowest BCUT2D eigenvalue weighted by atomic mass is 10.1. The van der Waals surface area contributed by atoms with Gasteiger partial charge in [-0.05, 0) is 46.4 Å². The predicted molar refractivity (Wildman–Crippen MR) is 59.1 cm³/mol. The summed E-state index contributed by atoms with van der Waals surface area (Å²) in [5.41, 5.74) is 0.902. The minimum atomic E-state index is -4.08. The molecule has 1 heterocycles. The lowest BCUT2D eigenvalue weighted by Crippen LogP contribution is -2.19.